The summed E-state index contributed by atoms with van der Waals surface area (Å²) in [6.07, 6.45) is 2.29. The highest BCUT2D eigenvalue weighted by Crippen LogP contribution is 2.44. The van der Waals surface area contributed by atoms with Crippen LogP contribution in [0.1, 0.15) is 24.0 Å². The van der Waals surface area contributed by atoms with E-state index in [-0.39, 0.29) is 5.54 Å². The molecule has 1 nitrogen and oxygen atoms in total. The fraction of sp³-hybridized carbons (Fsp3) is 0.400. The van der Waals surface area contributed by atoms with Crippen LogP contribution in [0.15, 0.2) is 18.2 Å². The first-order valence-electron chi connectivity index (χ1n) is 4.17. The van der Waals surface area contributed by atoms with Crippen LogP contribution in [0.5, 0.6) is 0 Å². The van der Waals surface area contributed by atoms with Crippen molar-refractivity contribution in [3.05, 3.63) is 32.9 Å². The van der Waals surface area contributed by atoms with Gasteiger partial charge in [0.1, 0.15) is 0 Å². The van der Waals surface area contributed by atoms with Gasteiger partial charge < -0.3 is 5.73 Å². The molecule has 64 valence electrons. The van der Waals surface area contributed by atoms with Crippen molar-refractivity contribution in [1.29, 1.82) is 0 Å². The van der Waals surface area contributed by atoms with E-state index in [1.165, 1.54) is 14.7 Å². The van der Waals surface area contributed by atoms with Gasteiger partial charge in [0.25, 0.3) is 0 Å². The first kappa shape index (κ1) is 8.51. The average Bonchev–Trinajstić information content (AvgIpc) is 2.75. The van der Waals surface area contributed by atoms with E-state index >= 15 is 0 Å². The van der Waals surface area contributed by atoms with Gasteiger partial charge in [-0.25, -0.2) is 0 Å². The Labute approximate surface area is 86.5 Å². The van der Waals surface area contributed by atoms with Crippen molar-refractivity contribution < 1.29 is 0 Å². The standard InChI is InChI=1S/C10H12IN/c1-7-2-3-8(11)6-9(7)10(12)4-5-10/h2-3,6H,4-5,12H2,1H3. The molecule has 1 aliphatic carbocycles. The Morgan fingerprint density at radius 2 is 2.08 bits per heavy atom. The highest BCUT2D eigenvalue weighted by atomic mass is 127. The monoisotopic (exact) mass is 273 g/mol. The van der Waals surface area contributed by atoms with Crippen LogP contribution in [0.2, 0.25) is 0 Å². The summed E-state index contributed by atoms with van der Waals surface area (Å²) >= 11 is 2.33. The minimum absolute atomic E-state index is 0.0191. The molecule has 0 aliphatic heterocycles. The minimum Gasteiger partial charge on any atom is -0.321 e. The fourth-order valence-corrected chi connectivity index (χ4v) is 2.03. The van der Waals surface area contributed by atoms with E-state index in [0.29, 0.717) is 0 Å². The molecular formula is C10H12IN. The zero-order chi connectivity index (χ0) is 8.77. The molecule has 1 aliphatic rings. The maximum Gasteiger partial charge on any atom is 0.0414 e. The predicted octanol–water partition coefficient (Wildman–Crippen LogP) is 2.55. The minimum atomic E-state index is 0.0191. The summed E-state index contributed by atoms with van der Waals surface area (Å²) in [5, 5.41) is 0. The number of rotatable bonds is 1. The third kappa shape index (κ3) is 1.38. The Kier molecular flexibility index (Phi) is 1.92. The number of benzene rings is 1. The first-order valence-corrected chi connectivity index (χ1v) is 5.25. The van der Waals surface area contributed by atoms with Crippen LogP contribution < -0.4 is 5.73 Å². The highest BCUT2D eigenvalue weighted by molar-refractivity contribution is 14.1. The molecule has 0 bridgehead atoms. The van der Waals surface area contributed by atoms with Gasteiger partial charge >= 0.3 is 0 Å². The molecule has 0 radical (unpaired) electrons. The van der Waals surface area contributed by atoms with Crippen LogP contribution in [0.25, 0.3) is 0 Å². The summed E-state index contributed by atoms with van der Waals surface area (Å²) in [5.41, 5.74) is 8.82. The second kappa shape index (κ2) is 2.70. The van der Waals surface area contributed by atoms with E-state index in [9.17, 15) is 0 Å². The van der Waals surface area contributed by atoms with Gasteiger partial charge in [-0.2, -0.15) is 0 Å². The normalized spacial score (nSPS) is 19.2. The lowest BCUT2D eigenvalue weighted by Gasteiger charge is -2.12. The van der Waals surface area contributed by atoms with Crippen LogP contribution in [0.4, 0.5) is 0 Å². The molecule has 0 atom stereocenters. The molecule has 0 heterocycles. The largest absolute Gasteiger partial charge is 0.321 e. The Hall–Kier alpha value is -0.0900. The first-order chi connectivity index (χ1) is 5.62. The van der Waals surface area contributed by atoms with Crippen LogP contribution in [-0.2, 0) is 5.54 Å². The Morgan fingerprint density at radius 1 is 1.42 bits per heavy atom. The summed E-state index contributed by atoms with van der Waals surface area (Å²) in [7, 11) is 0. The van der Waals surface area contributed by atoms with Gasteiger partial charge in [-0.05, 0) is 65.6 Å². The molecule has 0 spiro atoms. The van der Waals surface area contributed by atoms with E-state index in [1.54, 1.807) is 0 Å². The lowest BCUT2D eigenvalue weighted by atomic mass is 10.0. The molecule has 0 aromatic heterocycles. The molecule has 1 fully saturated rings. The van der Waals surface area contributed by atoms with Crippen LogP contribution in [0.3, 0.4) is 0 Å². The van der Waals surface area contributed by atoms with Crippen LogP contribution in [-0.4, -0.2) is 0 Å². The van der Waals surface area contributed by atoms with Gasteiger partial charge in [0.05, 0.1) is 0 Å². The number of hydrogen-bond acceptors (Lipinski definition) is 1. The van der Waals surface area contributed by atoms with Crippen molar-refractivity contribution in [2.24, 2.45) is 5.73 Å². The molecular weight excluding hydrogens is 261 g/mol. The predicted molar refractivity (Wildman–Crippen MR) is 59.0 cm³/mol. The van der Waals surface area contributed by atoms with Gasteiger partial charge in [-0.1, -0.05) is 6.07 Å². The third-order valence-electron chi connectivity index (χ3n) is 2.52. The topological polar surface area (TPSA) is 26.0 Å². The third-order valence-corrected chi connectivity index (χ3v) is 3.20. The maximum atomic E-state index is 6.13. The van der Waals surface area contributed by atoms with Crippen LogP contribution in [0, 0.1) is 10.5 Å². The maximum absolute atomic E-state index is 6.13. The van der Waals surface area contributed by atoms with Gasteiger partial charge in [0.15, 0.2) is 0 Å². The van der Waals surface area contributed by atoms with Gasteiger partial charge in [-0.15, -0.1) is 0 Å². The molecule has 2 heteroatoms. The molecule has 2 N–H and O–H groups in total. The lowest BCUT2D eigenvalue weighted by molar-refractivity contribution is 0.732. The van der Waals surface area contributed by atoms with Crippen molar-refractivity contribution in [3.8, 4) is 0 Å². The van der Waals surface area contributed by atoms with E-state index in [1.807, 2.05) is 0 Å². The highest BCUT2D eigenvalue weighted by Gasteiger charge is 2.40. The molecule has 1 saturated carbocycles. The summed E-state index contributed by atoms with van der Waals surface area (Å²) in [4.78, 5) is 0. The van der Waals surface area contributed by atoms with E-state index in [4.69, 9.17) is 5.73 Å². The van der Waals surface area contributed by atoms with Crippen LogP contribution >= 0.6 is 22.6 Å². The van der Waals surface area contributed by atoms with E-state index < -0.39 is 0 Å². The van der Waals surface area contributed by atoms with E-state index in [2.05, 4.69) is 47.7 Å². The smallest absolute Gasteiger partial charge is 0.0414 e. The van der Waals surface area contributed by atoms with Crippen molar-refractivity contribution in [2.75, 3.05) is 0 Å². The summed E-state index contributed by atoms with van der Waals surface area (Å²) < 4.78 is 1.28. The molecule has 0 unspecified atom stereocenters. The second-order valence-electron chi connectivity index (χ2n) is 3.62. The molecule has 1 aromatic carbocycles. The number of halogens is 1. The second-order valence-corrected chi connectivity index (χ2v) is 4.86. The number of hydrogen-bond donors (Lipinski definition) is 1. The zero-order valence-corrected chi connectivity index (χ0v) is 9.26. The zero-order valence-electron chi connectivity index (χ0n) is 7.10. The molecule has 0 saturated heterocycles. The molecule has 0 amide bonds. The average molecular weight is 273 g/mol. The molecule has 1 aromatic rings. The van der Waals surface area contributed by atoms with Crippen molar-refractivity contribution in [3.63, 3.8) is 0 Å². The lowest BCUT2D eigenvalue weighted by Crippen LogP contribution is -2.20. The van der Waals surface area contributed by atoms with Crippen molar-refractivity contribution >= 4 is 22.6 Å². The summed E-state index contributed by atoms with van der Waals surface area (Å²) in [5.74, 6) is 0. The number of aryl methyl sites for hydroxylation is 1. The fourth-order valence-electron chi connectivity index (χ4n) is 1.53. The molecule has 12 heavy (non-hydrogen) atoms. The Balaban J connectivity index is 2.48. The van der Waals surface area contributed by atoms with Gasteiger partial charge in [0.2, 0.25) is 0 Å². The van der Waals surface area contributed by atoms with Gasteiger partial charge in [-0.3, -0.25) is 0 Å². The summed E-state index contributed by atoms with van der Waals surface area (Å²) in [6, 6.07) is 6.50. The van der Waals surface area contributed by atoms with Crippen molar-refractivity contribution in [1.82, 2.24) is 0 Å². The molecule has 2 rings (SSSR count). The number of nitrogens with two attached hydrogens (primary N) is 1. The van der Waals surface area contributed by atoms with Gasteiger partial charge in [0, 0.05) is 9.11 Å². The Morgan fingerprint density at radius 3 is 2.67 bits per heavy atom. The van der Waals surface area contributed by atoms with Crippen molar-refractivity contribution in [2.45, 2.75) is 25.3 Å². The quantitative estimate of drug-likeness (QED) is 0.782. The summed E-state index contributed by atoms with van der Waals surface area (Å²) in [6.45, 7) is 2.14. The SMILES string of the molecule is Cc1ccc(I)cc1C1(N)CC1. The van der Waals surface area contributed by atoms with E-state index in [0.717, 1.165) is 12.8 Å². The Bertz CT molecular complexity index is 316.